The van der Waals surface area contributed by atoms with Gasteiger partial charge in [-0.05, 0) is 125 Å². The Morgan fingerprint density at radius 3 is 1.90 bits per heavy atom. The van der Waals surface area contributed by atoms with Gasteiger partial charge in [-0.3, -0.25) is 38.8 Å². The van der Waals surface area contributed by atoms with E-state index in [1.54, 1.807) is 19.2 Å². The molecule has 2 saturated heterocycles. The van der Waals surface area contributed by atoms with E-state index in [2.05, 4.69) is 112 Å². The Morgan fingerprint density at radius 2 is 1.29 bits per heavy atom. The van der Waals surface area contributed by atoms with E-state index in [1.807, 2.05) is 24.9 Å². The molecule has 2 bridgehead atoms. The van der Waals surface area contributed by atoms with E-state index >= 15 is 4.79 Å². The number of nitrogens with two attached hydrogens (primary N) is 1. The van der Waals surface area contributed by atoms with E-state index < -0.39 is 81.5 Å². The average Bonchev–Trinajstić information content (AvgIpc) is 1.47. The van der Waals surface area contributed by atoms with E-state index in [9.17, 15) is 49.2 Å². The van der Waals surface area contributed by atoms with Crippen molar-refractivity contribution in [1.29, 1.82) is 0 Å². The van der Waals surface area contributed by atoms with Gasteiger partial charge in [0.2, 0.25) is 11.9 Å². The number of piperidine rings is 1. The van der Waals surface area contributed by atoms with Crippen LogP contribution in [0.2, 0.25) is 0 Å². The van der Waals surface area contributed by atoms with Crippen molar-refractivity contribution in [2.75, 3.05) is 253 Å². The van der Waals surface area contributed by atoms with Gasteiger partial charge in [0.15, 0.2) is 22.5 Å². The summed E-state index contributed by atoms with van der Waals surface area (Å²) in [6.07, 6.45) is 8.93. The summed E-state index contributed by atoms with van der Waals surface area (Å²) in [6.45, 7) is 19.7. The molecule has 0 radical (unpaired) electrons. The summed E-state index contributed by atoms with van der Waals surface area (Å²) >= 11 is 0. The van der Waals surface area contributed by atoms with Crippen molar-refractivity contribution in [1.82, 2.24) is 50.7 Å². The standard InChI is InChI=1S/C96H139N13O25S2/c1-6-93(119)60-66-21-25-92(3,82-72(22-29-108(64-66)65-93)71-13-8-9-14-75(71)103-82)74-58-73-77(59-78(74)121-5)107(4)88-95(73)26-30-109-28-11-24-94(7-2,87(95)109)89(117)96(88,120)79(111)63-101-91(118)134-55-57-136-135-56-27-98-80(112)23-32-123-34-36-125-38-40-127-42-44-129-46-48-131-50-52-133-54-53-132-51-49-130-47-45-128-43-41-126-39-37-124-35-33-122-31-10-12-70(110)19-20-76(86(115)116)104-84(113)67-15-17-68(18-16-67)99-61-69-62-100-83-81(102-69)85(114)106-90(97)105-83/h8-9,11,13-18,24,58-59,62,66,76,87-89,99,103,117,119-120H,6-7,10,12,19-23,25-57,60-61,63-65H2,1-5H3,(H,98,112)(H,101,118)(H,104,113)(H,115,116)(H3,97,100,105,106,114)/t66-,76-,87-,88+,89+,92+,93-,94+,95+,96-/m0/s1. The number of amides is 3. The van der Waals surface area contributed by atoms with Crippen molar-refractivity contribution in [3.05, 3.63) is 123 Å². The number of aromatic amines is 2. The molecule has 3 amide bonds. The van der Waals surface area contributed by atoms with Crippen LogP contribution in [0.15, 0.2) is 83.8 Å². The van der Waals surface area contributed by atoms with Crippen molar-refractivity contribution in [2.24, 2.45) is 11.3 Å². The zero-order valence-electron chi connectivity index (χ0n) is 79.1. The normalized spacial score (nSPS) is 23.0. The number of aliphatic carboxylic acids is 1. The third kappa shape index (κ3) is 28.0. The number of methoxy groups -OCH3 is 1. The first kappa shape index (κ1) is 106. The van der Waals surface area contributed by atoms with Crippen LogP contribution in [-0.4, -0.2) is 363 Å². The fourth-order valence-electron chi connectivity index (χ4n) is 19.9. The molecule has 3 aromatic carbocycles. The van der Waals surface area contributed by atoms with Crippen LogP contribution in [-0.2, 0) is 105 Å². The van der Waals surface area contributed by atoms with Gasteiger partial charge in [-0.25, -0.2) is 19.6 Å². The number of aliphatic hydroxyl groups is 3. The molecular weight excluding hydrogens is 1800 g/mol. The van der Waals surface area contributed by atoms with Crippen LogP contribution >= 0.6 is 21.6 Å². The van der Waals surface area contributed by atoms with Crippen LogP contribution < -0.4 is 42.2 Å². The number of hydrogen-bond donors (Lipinski definition) is 11. The molecule has 3 aromatic heterocycles. The predicted octanol–water partition coefficient (Wildman–Crippen LogP) is 6.10. The summed E-state index contributed by atoms with van der Waals surface area (Å²) < 4.78 is 78.8. The first-order valence-corrected chi connectivity index (χ1v) is 50.1. The number of carboxylic acid groups (broad SMARTS) is 1. The highest BCUT2D eigenvalue weighted by molar-refractivity contribution is 8.76. The molecule has 38 nitrogen and oxygen atoms in total. The maximum atomic E-state index is 15.2. The van der Waals surface area contributed by atoms with E-state index in [0.29, 0.717) is 232 Å². The number of rotatable bonds is 63. The number of ketones is 2. The van der Waals surface area contributed by atoms with Crippen molar-refractivity contribution in [3.8, 4) is 5.75 Å². The number of fused-ring (bicyclic) bond motifs is 7. The number of anilines is 3. The number of hydrogen-bond acceptors (Lipinski definition) is 34. The number of alkyl carbamates (subject to hydrolysis) is 1. The van der Waals surface area contributed by atoms with Gasteiger partial charge in [-0.2, -0.15) is 4.98 Å². The van der Waals surface area contributed by atoms with Crippen molar-refractivity contribution in [3.63, 3.8) is 0 Å². The summed E-state index contributed by atoms with van der Waals surface area (Å²) in [5, 5.41) is 60.6. The molecule has 11 atom stereocenters. The lowest BCUT2D eigenvalue weighted by Crippen LogP contribution is -2.81. The van der Waals surface area contributed by atoms with Crippen LogP contribution in [0.25, 0.3) is 22.1 Å². The number of carbonyl (C=O) groups is 6. The summed E-state index contributed by atoms with van der Waals surface area (Å²) in [6, 6.07) is 16.8. The molecule has 12 N–H and O–H groups in total. The molecule has 6 aromatic rings. The highest BCUT2D eigenvalue weighted by atomic mass is 33.1. The Morgan fingerprint density at radius 1 is 0.684 bits per heavy atom. The highest BCUT2D eigenvalue weighted by Gasteiger charge is 2.78. The van der Waals surface area contributed by atoms with Crippen molar-refractivity contribution >= 4 is 96.4 Å². The number of nitrogen functional groups attached to an aromatic ring is 1. The second-order valence-electron chi connectivity index (χ2n) is 35.4. The van der Waals surface area contributed by atoms with Crippen LogP contribution in [0.4, 0.5) is 22.1 Å². The topological polar surface area (TPSA) is 484 Å². The second-order valence-corrected chi connectivity index (χ2v) is 38.1. The quantitative estimate of drug-likeness (QED) is 0.0117. The lowest BCUT2D eigenvalue weighted by molar-refractivity contribution is -0.201. The number of benzene rings is 3. The van der Waals surface area contributed by atoms with Crippen LogP contribution in [0.5, 0.6) is 5.75 Å². The van der Waals surface area contributed by atoms with Gasteiger partial charge in [-0.15, -0.1) is 0 Å². The van der Waals surface area contributed by atoms with E-state index in [-0.39, 0.29) is 91.8 Å². The summed E-state index contributed by atoms with van der Waals surface area (Å²) in [5.41, 5.74) is 7.27. The Bertz CT molecular complexity index is 4930. The molecule has 3 fully saturated rings. The van der Waals surface area contributed by atoms with E-state index in [1.165, 1.54) is 50.9 Å². The molecule has 1 saturated carbocycles. The van der Waals surface area contributed by atoms with Crippen LogP contribution in [0.1, 0.15) is 130 Å². The Hall–Kier alpha value is -8.60. The number of likely N-dealkylation sites (N-methyl/N-ethyl adjacent to an activating group) is 1. The lowest BCUT2D eigenvalue weighted by Gasteiger charge is -2.63. The number of H-pyrrole nitrogens is 2. The third-order valence-corrected chi connectivity index (χ3v) is 29.0. The summed E-state index contributed by atoms with van der Waals surface area (Å²) in [4.78, 5) is 116. The number of ether oxygens (including phenoxy) is 14. The van der Waals surface area contributed by atoms with Gasteiger partial charge >= 0.3 is 12.1 Å². The number of nitrogens with zero attached hydrogens (tertiary/aromatic N) is 6. The number of carboxylic acids is 1. The first-order chi connectivity index (χ1) is 66.0. The fraction of sp³-hybridized carbons (Fsp3) is 0.646. The first-order valence-electron chi connectivity index (χ1n) is 47.6. The molecule has 8 heterocycles. The maximum Gasteiger partial charge on any atom is 0.407 e. The fourth-order valence-corrected chi connectivity index (χ4v) is 21.6. The molecule has 1 spiro atoms. The second kappa shape index (κ2) is 53.1. The summed E-state index contributed by atoms with van der Waals surface area (Å²) in [5.74, 6) is -0.867. The Kier molecular flexibility index (Phi) is 41.5. The van der Waals surface area contributed by atoms with Crippen molar-refractivity contribution in [2.45, 2.75) is 151 Å². The van der Waals surface area contributed by atoms with Crippen molar-refractivity contribution < 1.29 is 116 Å². The van der Waals surface area contributed by atoms with Gasteiger partial charge in [0, 0.05) is 145 Å². The van der Waals surface area contributed by atoms with E-state index in [4.69, 9.17) is 72.0 Å². The van der Waals surface area contributed by atoms with Gasteiger partial charge < -0.3 is 124 Å². The largest absolute Gasteiger partial charge is 0.496 e. The number of nitrogens with one attached hydrogen (secondary N) is 6. The maximum absolute atomic E-state index is 15.2. The SMILES string of the molecule is CC[C@]1(O)C[C@@H]2CC[C@](C)(c3cc4c(cc3OC)N(C)[C@H]3[C@@](O)(C(=O)CNC(=O)OCCSSCCNC(=O)CCOCCOCCOCCOCCOCCOCCOCCOCCOCCOCCOCCOCCCC(=O)CC[C@H](NC(=O)c5ccc(NCc6cnc7nc(N)[nH]c(=O)c7n6)cc5)C(=O)O)[C@H](O)[C@]5(CC)C=CCN6CC[C@]43[C@@H]65)c3[nH]c4ccccc4c3CCN(C2)C1. The molecule has 1 unspecified atom stereocenters. The minimum atomic E-state index is -2.35. The van der Waals surface area contributed by atoms with Crippen LogP contribution in [0, 0.1) is 11.3 Å². The third-order valence-electron chi connectivity index (χ3n) is 26.6. The number of para-hydroxylation sites is 1. The zero-order valence-corrected chi connectivity index (χ0v) is 80.7. The number of aliphatic hydroxyl groups excluding tert-OH is 1. The van der Waals surface area contributed by atoms with Gasteiger partial charge in [0.25, 0.3) is 11.5 Å². The molecule has 40 heteroatoms. The molecular formula is C96H139N13O25S2. The number of Topliss-reactive ketones (excluding diaryl/α,β-unsaturated/α-hetero) is 2. The molecule has 6 aliphatic rings. The molecule has 5 aliphatic heterocycles. The Balaban J connectivity index is 0.407. The highest BCUT2D eigenvalue weighted by Crippen LogP contribution is 2.68. The zero-order chi connectivity index (χ0) is 96.3. The predicted molar refractivity (Wildman–Crippen MR) is 512 cm³/mol. The lowest BCUT2D eigenvalue weighted by atomic mass is 9.47. The van der Waals surface area contributed by atoms with Gasteiger partial charge in [0.1, 0.15) is 30.3 Å². The smallest absolute Gasteiger partial charge is 0.407 e. The molecule has 12 rings (SSSR count). The Labute approximate surface area is 801 Å². The molecule has 136 heavy (non-hydrogen) atoms. The van der Waals surface area contributed by atoms with E-state index in [0.717, 1.165) is 66.8 Å². The monoisotopic (exact) mass is 1940 g/mol. The van der Waals surface area contributed by atoms with Gasteiger partial charge in [0.05, 0.1) is 196 Å². The minimum absolute atomic E-state index is 0.0243. The summed E-state index contributed by atoms with van der Waals surface area (Å²) in [7, 11) is 6.62. The average molecular weight is 1940 g/mol. The number of aromatic nitrogens is 5. The molecule has 1 aliphatic carbocycles. The minimum Gasteiger partial charge on any atom is -0.496 e. The number of carbonyl (C=O) groups excluding carboxylic acids is 5. The van der Waals surface area contributed by atoms with Crippen LogP contribution in [0.3, 0.4) is 0 Å². The van der Waals surface area contributed by atoms with Gasteiger partial charge in [-0.1, -0.05) is 65.8 Å². The molecule has 750 valence electrons.